The van der Waals surface area contributed by atoms with E-state index in [1.54, 1.807) is 0 Å². The lowest BCUT2D eigenvalue weighted by Gasteiger charge is -2.26. The Hall–Kier alpha value is -1.32. The SMILES string of the molecule is CCNc1cc(NC2(C)CCCC2)nc(C2CC2)n1. The van der Waals surface area contributed by atoms with Gasteiger partial charge in [0, 0.05) is 24.1 Å². The van der Waals surface area contributed by atoms with Gasteiger partial charge in [-0.05, 0) is 39.5 Å². The van der Waals surface area contributed by atoms with Gasteiger partial charge >= 0.3 is 0 Å². The molecular formula is C15H24N4. The molecule has 0 aromatic carbocycles. The van der Waals surface area contributed by atoms with Crippen LogP contribution >= 0.6 is 0 Å². The van der Waals surface area contributed by atoms with E-state index in [2.05, 4.69) is 35.5 Å². The average molecular weight is 260 g/mol. The molecule has 19 heavy (non-hydrogen) atoms. The van der Waals surface area contributed by atoms with Crippen LogP contribution in [0.2, 0.25) is 0 Å². The average Bonchev–Trinajstić information content (AvgIpc) is 3.13. The van der Waals surface area contributed by atoms with Crippen molar-refractivity contribution in [3.05, 3.63) is 11.9 Å². The van der Waals surface area contributed by atoms with Gasteiger partial charge in [-0.3, -0.25) is 0 Å². The standard InChI is InChI=1S/C15H24N4/c1-3-16-12-10-13(18-14(17-12)11-6-7-11)19-15(2)8-4-5-9-15/h10-11H,3-9H2,1-2H3,(H2,16,17,18,19). The summed E-state index contributed by atoms with van der Waals surface area (Å²) in [6.45, 7) is 5.31. The van der Waals surface area contributed by atoms with Crippen molar-refractivity contribution >= 4 is 11.6 Å². The molecule has 2 saturated carbocycles. The molecule has 0 spiro atoms. The van der Waals surface area contributed by atoms with Crippen LogP contribution < -0.4 is 10.6 Å². The topological polar surface area (TPSA) is 49.8 Å². The van der Waals surface area contributed by atoms with Crippen molar-refractivity contribution in [3.63, 3.8) is 0 Å². The fourth-order valence-corrected chi connectivity index (χ4v) is 2.92. The molecule has 1 aromatic heterocycles. The number of anilines is 2. The molecule has 2 N–H and O–H groups in total. The molecule has 2 aliphatic rings. The zero-order valence-corrected chi connectivity index (χ0v) is 12.0. The summed E-state index contributed by atoms with van der Waals surface area (Å²) >= 11 is 0. The molecule has 2 aliphatic carbocycles. The number of nitrogens with one attached hydrogen (secondary N) is 2. The highest BCUT2D eigenvalue weighted by Gasteiger charge is 2.31. The van der Waals surface area contributed by atoms with Crippen LogP contribution in [0.15, 0.2) is 6.07 Å². The van der Waals surface area contributed by atoms with Crippen molar-refractivity contribution in [2.45, 2.75) is 63.8 Å². The molecule has 4 heteroatoms. The summed E-state index contributed by atoms with van der Waals surface area (Å²) in [5.41, 5.74) is 0.221. The number of aromatic nitrogens is 2. The summed E-state index contributed by atoms with van der Waals surface area (Å²) < 4.78 is 0. The Kier molecular flexibility index (Phi) is 3.33. The van der Waals surface area contributed by atoms with Gasteiger partial charge in [-0.25, -0.2) is 9.97 Å². The molecule has 0 saturated heterocycles. The maximum absolute atomic E-state index is 4.72. The van der Waals surface area contributed by atoms with Crippen LogP contribution in [0.5, 0.6) is 0 Å². The first-order chi connectivity index (χ1) is 9.18. The third-order valence-corrected chi connectivity index (χ3v) is 4.18. The molecule has 0 aliphatic heterocycles. The quantitative estimate of drug-likeness (QED) is 0.850. The molecule has 4 nitrogen and oxygen atoms in total. The van der Waals surface area contributed by atoms with Crippen LogP contribution in [0.4, 0.5) is 11.6 Å². The smallest absolute Gasteiger partial charge is 0.136 e. The maximum Gasteiger partial charge on any atom is 0.136 e. The van der Waals surface area contributed by atoms with E-state index in [-0.39, 0.29) is 5.54 Å². The number of hydrogen-bond donors (Lipinski definition) is 2. The first kappa shape index (κ1) is 12.7. The van der Waals surface area contributed by atoms with Crippen molar-refractivity contribution in [2.24, 2.45) is 0 Å². The van der Waals surface area contributed by atoms with E-state index in [9.17, 15) is 0 Å². The van der Waals surface area contributed by atoms with E-state index < -0.39 is 0 Å². The van der Waals surface area contributed by atoms with Crippen LogP contribution in [-0.4, -0.2) is 22.1 Å². The summed E-state index contributed by atoms with van der Waals surface area (Å²) in [4.78, 5) is 9.34. The third-order valence-electron chi connectivity index (χ3n) is 4.18. The molecule has 0 bridgehead atoms. The van der Waals surface area contributed by atoms with Crippen LogP contribution in [-0.2, 0) is 0 Å². The summed E-state index contributed by atoms with van der Waals surface area (Å²) in [5.74, 6) is 3.57. The molecule has 1 aromatic rings. The lowest BCUT2D eigenvalue weighted by atomic mass is 10.0. The highest BCUT2D eigenvalue weighted by atomic mass is 15.1. The van der Waals surface area contributed by atoms with Crippen LogP contribution in [0.1, 0.15) is 64.1 Å². The minimum Gasteiger partial charge on any atom is -0.370 e. The summed E-state index contributed by atoms with van der Waals surface area (Å²) in [6, 6.07) is 2.05. The van der Waals surface area contributed by atoms with Gasteiger partial charge in [0.15, 0.2) is 0 Å². The van der Waals surface area contributed by atoms with Crippen LogP contribution in [0.3, 0.4) is 0 Å². The van der Waals surface area contributed by atoms with Crippen molar-refractivity contribution in [2.75, 3.05) is 17.2 Å². The number of nitrogens with zero attached hydrogens (tertiary/aromatic N) is 2. The zero-order chi connectivity index (χ0) is 13.3. The second kappa shape index (κ2) is 4.99. The number of rotatable bonds is 5. The van der Waals surface area contributed by atoms with Crippen LogP contribution in [0.25, 0.3) is 0 Å². The predicted octanol–water partition coefficient (Wildman–Crippen LogP) is 3.53. The molecule has 3 rings (SSSR count). The van der Waals surface area contributed by atoms with Gasteiger partial charge < -0.3 is 10.6 Å². The first-order valence-electron chi connectivity index (χ1n) is 7.59. The number of hydrogen-bond acceptors (Lipinski definition) is 4. The maximum atomic E-state index is 4.72. The zero-order valence-electron chi connectivity index (χ0n) is 12.0. The molecule has 2 fully saturated rings. The minimum atomic E-state index is 0.221. The van der Waals surface area contributed by atoms with Gasteiger partial charge in [0.05, 0.1) is 0 Å². The molecule has 0 atom stereocenters. The summed E-state index contributed by atoms with van der Waals surface area (Å²) in [6.07, 6.45) is 7.62. The molecular weight excluding hydrogens is 236 g/mol. The molecule has 104 valence electrons. The lowest BCUT2D eigenvalue weighted by molar-refractivity contribution is 0.530. The normalized spacial score (nSPS) is 21.4. The molecule has 1 heterocycles. The summed E-state index contributed by atoms with van der Waals surface area (Å²) in [7, 11) is 0. The Morgan fingerprint density at radius 2 is 1.89 bits per heavy atom. The van der Waals surface area contributed by atoms with Gasteiger partial charge in [0.1, 0.15) is 17.5 Å². The van der Waals surface area contributed by atoms with E-state index in [1.807, 2.05) is 0 Å². The third kappa shape index (κ3) is 2.99. The first-order valence-corrected chi connectivity index (χ1v) is 7.59. The van der Waals surface area contributed by atoms with E-state index in [1.165, 1.54) is 38.5 Å². The second-order valence-corrected chi connectivity index (χ2v) is 6.19. The van der Waals surface area contributed by atoms with Crippen molar-refractivity contribution in [1.29, 1.82) is 0 Å². The second-order valence-electron chi connectivity index (χ2n) is 6.19. The van der Waals surface area contributed by atoms with Gasteiger partial charge in [-0.2, -0.15) is 0 Å². The Morgan fingerprint density at radius 3 is 2.53 bits per heavy atom. The van der Waals surface area contributed by atoms with Gasteiger partial charge in [0.25, 0.3) is 0 Å². The van der Waals surface area contributed by atoms with Gasteiger partial charge in [-0.15, -0.1) is 0 Å². The lowest BCUT2D eigenvalue weighted by Crippen LogP contribution is -2.31. The van der Waals surface area contributed by atoms with Crippen molar-refractivity contribution in [3.8, 4) is 0 Å². The highest BCUT2D eigenvalue weighted by Crippen LogP contribution is 2.39. The Labute approximate surface area is 115 Å². The molecule has 0 radical (unpaired) electrons. The van der Waals surface area contributed by atoms with E-state index in [4.69, 9.17) is 4.98 Å². The van der Waals surface area contributed by atoms with Gasteiger partial charge in [0.2, 0.25) is 0 Å². The Morgan fingerprint density at radius 1 is 1.21 bits per heavy atom. The van der Waals surface area contributed by atoms with E-state index >= 15 is 0 Å². The Balaban J connectivity index is 1.82. The predicted molar refractivity (Wildman–Crippen MR) is 78.7 cm³/mol. The molecule has 0 unspecified atom stereocenters. The van der Waals surface area contributed by atoms with E-state index in [0.717, 1.165) is 24.0 Å². The summed E-state index contributed by atoms with van der Waals surface area (Å²) in [5, 5.41) is 6.97. The molecule has 0 amide bonds. The minimum absolute atomic E-state index is 0.221. The van der Waals surface area contributed by atoms with Crippen molar-refractivity contribution in [1.82, 2.24) is 9.97 Å². The van der Waals surface area contributed by atoms with Crippen molar-refractivity contribution < 1.29 is 0 Å². The highest BCUT2D eigenvalue weighted by molar-refractivity contribution is 5.49. The monoisotopic (exact) mass is 260 g/mol. The Bertz CT molecular complexity index is 447. The fraction of sp³-hybridized carbons (Fsp3) is 0.733. The van der Waals surface area contributed by atoms with E-state index in [0.29, 0.717) is 5.92 Å². The fourth-order valence-electron chi connectivity index (χ4n) is 2.92. The largest absolute Gasteiger partial charge is 0.370 e. The van der Waals surface area contributed by atoms with Crippen LogP contribution in [0, 0.1) is 0 Å². The van der Waals surface area contributed by atoms with Gasteiger partial charge in [-0.1, -0.05) is 12.8 Å².